The molecule has 2 heterocycles. The number of carbonyl (C=O) groups excluding carboxylic acids is 1. The number of piperidine rings is 1. The van der Waals surface area contributed by atoms with Crippen LogP contribution >= 0.6 is 11.6 Å². The van der Waals surface area contributed by atoms with E-state index in [1.54, 1.807) is 0 Å². The average Bonchev–Trinajstić information content (AvgIpc) is 2.89. The van der Waals surface area contributed by atoms with Crippen LogP contribution in [-0.2, 0) is 9.63 Å². The van der Waals surface area contributed by atoms with E-state index in [0.717, 1.165) is 24.4 Å². The van der Waals surface area contributed by atoms with Crippen molar-refractivity contribution in [3.63, 3.8) is 0 Å². The summed E-state index contributed by atoms with van der Waals surface area (Å²) in [6.07, 6.45) is 1.62. The van der Waals surface area contributed by atoms with Crippen molar-refractivity contribution in [1.29, 1.82) is 0 Å². The number of amides is 1. The van der Waals surface area contributed by atoms with Crippen LogP contribution in [0.15, 0.2) is 29.4 Å². The molecule has 1 fully saturated rings. The molecule has 4 nitrogen and oxygen atoms in total. The SMILES string of the molecule is C[C@@H]1C[C@H](C)CN(C(=O)[C@@]2(C)CC(c3ccccc3Cl)=NO2)C1. The fourth-order valence-electron chi connectivity index (χ4n) is 3.66. The molecule has 0 saturated carbocycles. The average molecular weight is 335 g/mol. The van der Waals surface area contributed by atoms with Crippen molar-refractivity contribution in [2.24, 2.45) is 17.0 Å². The molecule has 0 radical (unpaired) electrons. The number of halogens is 1. The van der Waals surface area contributed by atoms with Crippen molar-refractivity contribution in [3.8, 4) is 0 Å². The standard InChI is InChI=1S/C18H23ClN2O2/c1-12-8-13(2)11-21(10-12)17(22)18(3)9-16(20-23-18)14-6-4-5-7-15(14)19/h4-7,12-13H,8-11H2,1-3H3/t12-,13+,18-/m1/s1. The van der Waals surface area contributed by atoms with Crippen LogP contribution in [0.5, 0.6) is 0 Å². The molecule has 0 N–H and O–H groups in total. The Morgan fingerprint density at radius 2 is 1.96 bits per heavy atom. The van der Waals surface area contributed by atoms with Gasteiger partial charge < -0.3 is 9.74 Å². The number of oxime groups is 1. The Hall–Kier alpha value is -1.55. The lowest BCUT2D eigenvalue weighted by Crippen LogP contribution is -2.52. The molecule has 2 aliphatic heterocycles. The van der Waals surface area contributed by atoms with Gasteiger partial charge in [-0.2, -0.15) is 0 Å². The summed E-state index contributed by atoms with van der Waals surface area (Å²) in [5.74, 6) is 1.08. The van der Waals surface area contributed by atoms with E-state index in [9.17, 15) is 4.79 Å². The van der Waals surface area contributed by atoms with Crippen molar-refractivity contribution in [2.45, 2.75) is 39.2 Å². The van der Waals surface area contributed by atoms with E-state index in [4.69, 9.17) is 16.4 Å². The molecule has 2 aliphatic rings. The minimum absolute atomic E-state index is 0.0294. The second kappa shape index (κ2) is 6.16. The van der Waals surface area contributed by atoms with E-state index >= 15 is 0 Å². The summed E-state index contributed by atoms with van der Waals surface area (Å²) >= 11 is 6.23. The highest BCUT2D eigenvalue weighted by Gasteiger charge is 2.46. The zero-order valence-electron chi connectivity index (χ0n) is 13.9. The summed E-state index contributed by atoms with van der Waals surface area (Å²) in [6.45, 7) is 7.80. The zero-order valence-corrected chi connectivity index (χ0v) is 14.6. The van der Waals surface area contributed by atoms with E-state index in [1.165, 1.54) is 6.42 Å². The fourth-order valence-corrected chi connectivity index (χ4v) is 3.90. The Bertz CT molecular complexity index is 636. The summed E-state index contributed by atoms with van der Waals surface area (Å²) in [5, 5.41) is 4.79. The van der Waals surface area contributed by atoms with Crippen molar-refractivity contribution in [3.05, 3.63) is 34.9 Å². The molecule has 23 heavy (non-hydrogen) atoms. The maximum atomic E-state index is 13.0. The van der Waals surface area contributed by atoms with Crippen LogP contribution in [0.2, 0.25) is 5.02 Å². The van der Waals surface area contributed by atoms with Gasteiger partial charge in [0.2, 0.25) is 5.60 Å². The second-order valence-corrected chi connectivity index (χ2v) is 7.58. The van der Waals surface area contributed by atoms with E-state index in [2.05, 4.69) is 19.0 Å². The second-order valence-electron chi connectivity index (χ2n) is 7.17. The summed E-state index contributed by atoms with van der Waals surface area (Å²) < 4.78 is 0. The highest BCUT2D eigenvalue weighted by atomic mass is 35.5. The van der Waals surface area contributed by atoms with Gasteiger partial charge in [0.1, 0.15) is 0 Å². The molecule has 1 aromatic rings. The Balaban J connectivity index is 1.75. The molecule has 3 atom stereocenters. The van der Waals surface area contributed by atoms with Gasteiger partial charge in [-0.25, -0.2) is 0 Å². The minimum atomic E-state index is -0.925. The number of benzene rings is 1. The van der Waals surface area contributed by atoms with Gasteiger partial charge in [-0.3, -0.25) is 4.79 Å². The van der Waals surface area contributed by atoms with Gasteiger partial charge >= 0.3 is 0 Å². The lowest BCUT2D eigenvalue weighted by atomic mass is 9.89. The van der Waals surface area contributed by atoms with Gasteiger partial charge in [0.25, 0.3) is 5.91 Å². The van der Waals surface area contributed by atoms with Gasteiger partial charge in [-0.15, -0.1) is 0 Å². The molecule has 0 unspecified atom stereocenters. The van der Waals surface area contributed by atoms with Crippen molar-refractivity contribution in [2.75, 3.05) is 13.1 Å². The van der Waals surface area contributed by atoms with Crippen LogP contribution in [0.3, 0.4) is 0 Å². The quantitative estimate of drug-likeness (QED) is 0.827. The van der Waals surface area contributed by atoms with E-state index in [1.807, 2.05) is 36.1 Å². The Kier molecular flexibility index (Phi) is 4.37. The Labute approximate surface area is 142 Å². The molecule has 0 aliphatic carbocycles. The topological polar surface area (TPSA) is 41.9 Å². The van der Waals surface area contributed by atoms with Gasteiger partial charge in [-0.1, -0.05) is 48.8 Å². The highest BCUT2D eigenvalue weighted by Crippen LogP contribution is 2.32. The van der Waals surface area contributed by atoms with Crippen LogP contribution in [0.1, 0.15) is 39.2 Å². The first-order valence-corrected chi connectivity index (χ1v) is 8.56. The van der Waals surface area contributed by atoms with Gasteiger partial charge in [0, 0.05) is 30.1 Å². The van der Waals surface area contributed by atoms with Crippen LogP contribution in [0, 0.1) is 11.8 Å². The third kappa shape index (κ3) is 3.23. The predicted molar refractivity (Wildman–Crippen MR) is 91.6 cm³/mol. The summed E-state index contributed by atoms with van der Waals surface area (Å²) in [4.78, 5) is 20.5. The summed E-state index contributed by atoms with van der Waals surface area (Å²) in [5.41, 5.74) is 0.654. The van der Waals surface area contributed by atoms with Crippen LogP contribution in [0.25, 0.3) is 0 Å². The number of hydrogen-bond acceptors (Lipinski definition) is 3. The summed E-state index contributed by atoms with van der Waals surface area (Å²) in [6, 6.07) is 7.52. The van der Waals surface area contributed by atoms with E-state index < -0.39 is 5.60 Å². The molecule has 1 aromatic carbocycles. The van der Waals surface area contributed by atoms with Gasteiger partial charge in [-0.05, 0) is 31.2 Å². The maximum Gasteiger partial charge on any atom is 0.269 e. The monoisotopic (exact) mass is 334 g/mol. The largest absolute Gasteiger partial charge is 0.379 e. The van der Waals surface area contributed by atoms with Crippen molar-refractivity contribution in [1.82, 2.24) is 4.90 Å². The minimum Gasteiger partial charge on any atom is -0.379 e. The molecular formula is C18H23ClN2O2. The predicted octanol–water partition coefficient (Wildman–Crippen LogP) is 3.73. The molecule has 1 saturated heterocycles. The molecule has 1 amide bonds. The number of nitrogens with zero attached hydrogens (tertiary/aromatic N) is 2. The first kappa shape index (κ1) is 16.3. The number of hydrogen-bond donors (Lipinski definition) is 0. The maximum absolute atomic E-state index is 13.0. The lowest BCUT2D eigenvalue weighted by Gasteiger charge is -2.38. The Morgan fingerprint density at radius 3 is 2.61 bits per heavy atom. The number of carbonyl (C=O) groups is 1. The van der Waals surface area contributed by atoms with Crippen LogP contribution in [0.4, 0.5) is 0 Å². The van der Waals surface area contributed by atoms with E-state index in [-0.39, 0.29) is 5.91 Å². The van der Waals surface area contributed by atoms with Crippen molar-refractivity contribution < 1.29 is 9.63 Å². The third-order valence-corrected chi connectivity index (χ3v) is 4.98. The first-order chi connectivity index (χ1) is 10.9. The fraction of sp³-hybridized carbons (Fsp3) is 0.556. The van der Waals surface area contributed by atoms with Crippen molar-refractivity contribution >= 4 is 23.2 Å². The zero-order chi connectivity index (χ0) is 16.6. The van der Waals surface area contributed by atoms with E-state index in [0.29, 0.717) is 23.3 Å². The van der Waals surface area contributed by atoms with Crippen LogP contribution in [-0.4, -0.2) is 35.2 Å². The molecule has 124 valence electrons. The summed E-state index contributed by atoms with van der Waals surface area (Å²) in [7, 11) is 0. The lowest BCUT2D eigenvalue weighted by molar-refractivity contribution is -0.156. The number of likely N-dealkylation sites (tertiary alicyclic amines) is 1. The molecule has 0 bridgehead atoms. The van der Waals surface area contributed by atoms with Gasteiger partial charge in [0.05, 0.1) is 5.71 Å². The third-order valence-electron chi connectivity index (χ3n) is 4.66. The molecule has 0 aromatic heterocycles. The van der Waals surface area contributed by atoms with Crippen LogP contribution < -0.4 is 0 Å². The smallest absolute Gasteiger partial charge is 0.269 e. The first-order valence-electron chi connectivity index (χ1n) is 8.18. The molecule has 3 rings (SSSR count). The molecular weight excluding hydrogens is 312 g/mol. The Morgan fingerprint density at radius 1 is 1.30 bits per heavy atom. The molecule has 5 heteroatoms. The normalized spacial score (nSPS) is 30.8. The van der Waals surface area contributed by atoms with Gasteiger partial charge in [0.15, 0.2) is 0 Å². The number of rotatable bonds is 2. The highest BCUT2D eigenvalue weighted by molar-refractivity contribution is 6.34. The molecule has 0 spiro atoms.